The molecular weight excluding hydrogens is 288 g/mol. The summed E-state index contributed by atoms with van der Waals surface area (Å²) in [5.41, 5.74) is -0.342. The zero-order valence-corrected chi connectivity index (χ0v) is 10.6. The molecule has 0 amide bonds. The number of halogens is 1. The average Bonchev–Trinajstić information content (AvgIpc) is 2.41. The number of non-ortho nitro benzene ring substituents is 1. The number of hydrogen-bond donors (Lipinski definition) is 0. The van der Waals surface area contributed by atoms with Crippen molar-refractivity contribution < 1.29 is 14.6 Å². The van der Waals surface area contributed by atoms with Crippen LogP contribution in [-0.2, 0) is 0 Å². The molecule has 0 spiro atoms. The predicted octanol–water partition coefficient (Wildman–Crippen LogP) is 3.95. The maximum Gasteiger partial charge on any atom is 0.291 e. The summed E-state index contributed by atoms with van der Waals surface area (Å²) in [4.78, 5) is 20.1. The van der Waals surface area contributed by atoms with Crippen molar-refractivity contribution in [2.24, 2.45) is 0 Å². The third kappa shape index (κ3) is 3.01. The van der Waals surface area contributed by atoms with Gasteiger partial charge >= 0.3 is 0 Å². The third-order valence-electron chi connectivity index (χ3n) is 2.40. The van der Waals surface area contributed by atoms with E-state index in [1.165, 1.54) is 42.5 Å². The van der Waals surface area contributed by atoms with Gasteiger partial charge in [-0.3, -0.25) is 20.2 Å². The Labute approximate surface area is 117 Å². The van der Waals surface area contributed by atoms with E-state index in [0.717, 1.165) is 0 Å². The van der Waals surface area contributed by atoms with Crippen molar-refractivity contribution in [3.63, 3.8) is 0 Å². The van der Waals surface area contributed by atoms with Gasteiger partial charge in [-0.25, -0.2) is 0 Å². The molecule has 0 N–H and O–H groups in total. The Morgan fingerprint density at radius 1 is 0.900 bits per heavy atom. The molecule has 0 radical (unpaired) electrons. The molecule has 2 aromatic carbocycles. The number of hydrogen-bond acceptors (Lipinski definition) is 5. The van der Waals surface area contributed by atoms with E-state index in [2.05, 4.69) is 0 Å². The van der Waals surface area contributed by atoms with Gasteiger partial charge in [0.2, 0.25) is 0 Å². The highest BCUT2D eigenvalue weighted by molar-refractivity contribution is 6.32. The molecule has 0 bridgehead atoms. The van der Waals surface area contributed by atoms with E-state index < -0.39 is 9.85 Å². The minimum atomic E-state index is -0.620. The van der Waals surface area contributed by atoms with Gasteiger partial charge in [-0.2, -0.15) is 0 Å². The van der Waals surface area contributed by atoms with Crippen molar-refractivity contribution >= 4 is 23.0 Å². The molecule has 0 unspecified atom stereocenters. The zero-order chi connectivity index (χ0) is 14.7. The SMILES string of the molecule is O=[N+]([O-])c1ccc(Oc2ccc(Cl)c([N+](=O)[O-])c2)cc1. The second-order valence-electron chi connectivity index (χ2n) is 3.72. The molecule has 20 heavy (non-hydrogen) atoms. The van der Waals surface area contributed by atoms with E-state index in [9.17, 15) is 20.2 Å². The molecule has 0 fully saturated rings. The molecule has 2 aromatic rings. The summed E-state index contributed by atoms with van der Waals surface area (Å²) >= 11 is 5.68. The largest absolute Gasteiger partial charge is 0.457 e. The lowest BCUT2D eigenvalue weighted by atomic mass is 10.3. The molecule has 0 saturated heterocycles. The standard InChI is InChI=1S/C12H7ClN2O5/c13-11-6-5-10(7-12(11)15(18)19)20-9-3-1-8(2-4-9)14(16)17/h1-7H. The van der Waals surface area contributed by atoms with Gasteiger partial charge in [0.1, 0.15) is 16.5 Å². The molecule has 0 aliphatic rings. The van der Waals surface area contributed by atoms with E-state index in [4.69, 9.17) is 16.3 Å². The number of nitro benzene ring substituents is 2. The van der Waals surface area contributed by atoms with E-state index >= 15 is 0 Å². The van der Waals surface area contributed by atoms with E-state index in [-0.39, 0.29) is 22.1 Å². The molecule has 2 rings (SSSR count). The Hall–Kier alpha value is -2.67. The monoisotopic (exact) mass is 294 g/mol. The van der Waals surface area contributed by atoms with Gasteiger partial charge < -0.3 is 4.74 Å². The molecule has 0 atom stereocenters. The summed E-state index contributed by atoms with van der Waals surface area (Å²) in [6.45, 7) is 0. The number of ether oxygens (including phenoxy) is 1. The molecule has 0 heterocycles. The van der Waals surface area contributed by atoms with Crippen LogP contribution in [-0.4, -0.2) is 9.85 Å². The normalized spacial score (nSPS) is 10.1. The Kier molecular flexibility index (Phi) is 3.81. The van der Waals surface area contributed by atoms with Crippen molar-refractivity contribution in [3.05, 3.63) is 67.7 Å². The molecule has 8 heteroatoms. The van der Waals surface area contributed by atoms with Crippen LogP contribution in [0, 0.1) is 20.2 Å². The Balaban J connectivity index is 2.23. The molecule has 102 valence electrons. The number of benzene rings is 2. The molecular formula is C12H7ClN2O5. The minimum absolute atomic E-state index is 0.00560. The summed E-state index contributed by atoms with van der Waals surface area (Å²) < 4.78 is 5.37. The second-order valence-corrected chi connectivity index (χ2v) is 4.13. The molecule has 0 aliphatic heterocycles. The summed E-state index contributed by atoms with van der Waals surface area (Å²) in [6, 6.07) is 9.36. The highest BCUT2D eigenvalue weighted by Gasteiger charge is 2.14. The molecule has 0 aromatic heterocycles. The fraction of sp³-hybridized carbons (Fsp3) is 0. The van der Waals surface area contributed by atoms with Crippen molar-refractivity contribution in [2.75, 3.05) is 0 Å². The summed E-state index contributed by atoms with van der Waals surface area (Å²) in [5.74, 6) is 0.544. The first kappa shape index (κ1) is 13.8. The van der Waals surface area contributed by atoms with Crippen LogP contribution >= 0.6 is 11.6 Å². The number of nitro groups is 2. The van der Waals surface area contributed by atoms with E-state index in [1.54, 1.807) is 0 Å². The maximum absolute atomic E-state index is 10.7. The Morgan fingerprint density at radius 3 is 2.05 bits per heavy atom. The van der Waals surface area contributed by atoms with Gasteiger partial charge in [0, 0.05) is 12.1 Å². The second kappa shape index (κ2) is 5.54. The zero-order valence-electron chi connectivity index (χ0n) is 9.86. The quantitative estimate of drug-likeness (QED) is 0.628. The number of nitrogens with zero attached hydrogens (tertiary/aromatic N) is 2. The van der Waals surface area contributed by atoms with Gasteiger partial charge in [0.25, 0.3) is 11.4 Å². The first-order chi connectivity index (χ1) is 9.47. The summed E-state index contributed by atoms with van der Waals surface area (Å²) in [6.07, 6.45) is 0. The van der Waals surface area contributed by atoms with E-state index in [1.807, 2.05) is 0 Å². The molecule has 0 aliphatic carbocycles. The summed E-state index contributed by atoms with van der Waals surface area (Å²) in [5, 5.41) is 21.2. The van der Waals surface area contributed by atoms with Crippen LogP contribution in [0.25, 0.3) is 0 Å². The Bertz CT molecular complexity index is 672. The third-order valence-corrected chi connectivity index (χ3v) is 2.72. The topological polar surface area (TPSA) is 95.5 Å². The first-order valence-electron chi connectivity index (χ1n) is 5.33. The van der Waals surface area contributed by atoms with Gasteiger partial charge in [-0.1, -0.05) is 11.6 Å². The van der Waals surface area contributed by atoms with Crippen LogP contribution in [0.4, 0.5) is 11.4 Å². The lowest BCUT2D eigenvalue weighted by Crippen LogP contribution is -1.91. The fourth-order valence-electron chi connectivity index (χ4n) is 1.47. The first-order valence-corrected chi connectivity index (χ1v) is 5.71. The highest BCUT2D eigenvalue weighted by atomic mass is 35.5. The number of rotatable bonds is 4. The van der Waals surface area contributed by atoms with Crippen LogP contribution < -0.4 is 4.74 Å². The lowest BCUT2D eigenvalue weighted by Gasteiger charge is -2.05. The van der Waals surface area contributed by atoms with Crippen LogP contribution in [0.1, 0.15) is 0 Å². The van der Waals surface area contributed by atoms with Gasteiger partial charge in [-0.05, 0) is 24.3 Å². The van der Waals surface area contributed by atoms with Gasteiger partial charge in [0.05, 0.1) is 15.9 Å². The van der Waals surface area contributed by atoms with Crippen molar-refractivity contribution in [3.8, 4) is 11.5 Å². The van der Waals surface area contributed by atoms with Crippen LogP contribution in [0.15, 0.2) is 42.5 Å². The van der Waals surface area contributed by atoms with Gasteiger partial charge in [-0.15, -0.1) is 0 Å². The maximum atomic E-state index is 10.7. The molecule has 0 saturated carbocycles. The smallest absolute Gasteiger partial charge is 0.291 e. The van der Waals surface area contributed by atoms with Crippen molar-refractivity contribution in [1.82, 2.24) is 0 Å². The molecule has 7 nitrogen and oxygen atoms in total. The van der Waals surface area contributed by atoms with Crippen LogP contribution in [0.3, 0.4) is 0 Å². The van der Waals surface area contributed by atoms with Gasteiger partial charge in [0.15, 0.2) is 0 Å². The fourth-order valence-corrected chi connectivity index (χ4v) is 1.65. The van der Waals surface area contributed by atoms with Crippen molar-refractivity contribution in [1.29, 1.82) is 0 Å². The van der Waals surface area contributed by atoms with E-state index in [0.29, 0.717) is 5.75 Å². The van der Waals surface area contributed by atoms with Crippen molar-refractivity contribution in [2.45, 2.75) is 0 Å². The Morgan fingerprint density at radius 2 is 1.50 bits per heavy atom. The predicted molar refractivity (Wildman–Crippen MR) is 71.3 cm³/mol. The average molecular weight is 295 g/mol. The lowest BCUT2D eigenvalue weighted by molar-refractivity contribution is -0.385. The van der Waals surface area contributed by atoms with Crippen LogP contribution in [0.5, 0.6) is 11.5 Å². The highest BCUT2D eigenvalue weighted by Crippen LogP contribution is 2.31. The summed E-state index contributed by atoms with van der Waals surface area (Å²) in [7, 11) is 0. The minimum Gasteiger partial charge on any atom is -0.457 e. The van der Waals surface area contributed by atoms with Crippen LogP contribution in [0.2, 0.25) is 5.02 Å².